The molecule has 0 saturated heterocycles. The number of rotatable bonds is 7. The third kappa shape index (κ3) is 4.33. The summed E-state index contributed by atoms with van der Waals surface area (Å²) >= 11 is 0. The molecule has 2 atom stereocenters. The Morgan fingerprint density at radius 1 is 1.25 bits per heavy atom. The summed E-state index contributed by atoms with van der Waals surface area (Å²) in [7, 11) is 1.75. The maximum absolute atomic E-state index is 5.27. The van der Waals surface area contributed by atoms with E-state index in [0.29, 0.717) is 12.1 Å². The van der Waals surface area contributed by atoms with Crippen molar-refractivity contribution in [3.05, 3.63) is 35.9 Å². The summed E-state index contributed by atoms with van der Waals surface area (Å²) in [6, 6.07) is 11.3. The normalized spacial score (nSPS) is 14.7. The second kappa shape index (κ2) is 7.42. The zero-order chi connectivity index (χ0) is 11.8. The van der Waals surface area contributed by atoms with E-state index in [1.807, 2.05) is 6.07 Å². The Morgan fingerprint density at radius 3 is 2.50 bits per heavy atom. The van der Waals surface area contributed by atoms with Gasteiger partial charge in [-0.3, -0.25) is 0 Å². The predicted octanol–water partition coefficient (Wildman–Crippen LogP) is 3.15. The zero-order valence-electron chi connectivity index (χ0n) is 10.6. The van der Waals surface area contributed by atoms with E-state index in [1.165, 1.54) is 18.4 Å². The van der Waals surface area contributed by atoms with Gasteiger partial charge in [-0.25, -0.2) is 0 Å². The minimum absolute atomic E-state index is 0.299. The first-order valence-electron chi connectivity index (χ1n) is 6.07. The van der Waals surface area contributed by atoms with Gasteiger partial charge in [-0.15, -0.1) is 0 Å². The van der Waals surface area contributed by atoms with Crippen molar-refractivity contribution in [3.8, 4) is 0 Å². The number of nitrogens with one attached hydrogen (secondary N) is 1. The van der Waals surface area contributed by atoms with Crippen LogP contribution >= 0.6 is 0 Å². The Hall–Kier alpha value is -0.860. The molecule has 1 aromatic carbocycles. The fourth-order valence-corrected chi connectivity index (χ4v) is 1.95. The lowest BCUT2D eigenvalue weighted by atomic mass is 10.1. The molecule has 0 amide bonds. The molecule has 0 aromatic heterocycles. The van der Waals surface area contributed by atoms with E-state index >= 15 is 0 Å². The van der Waals surface area contributed by atoms with Gasteiger partial charge in [0, 0.05) is 13.2 Å². The Bertz CT molecular complexity index is 273. The van der Waals surface area contributed by atoms with E-state index < -0.39 is 0 Å². The fourth-order valence-electron chi connectivity index (χ4n) is 1.95. The van der Waals surface area contributed by atoms with Crippen LogP contribution in [0, 0.1) is 0 Å². The quantitative estimate of drug-likeness (QED) is 0.763. The van der Waals surface area contributed by atoms with E-state index in [2.05, 4.69) is 43.4 Å². The van der Waals surface area contributed by atoms with Crippen molar-refractivity contribution < 1.29 is 4.74 Å². The average Bonchev–Trinajstić information content (AvgIpc) is 2.30. The highest BCUT2D eigenvalue weighted by atomic mass is 16.5. The van der Waals surface area contributed by atoms with E-state index in [4.69, 9.17) is 4.74 Å². The van der Waals surface area contributed by atoms with Crippen LogP contribution in [0.5, 0.6) is 0 Å². The highest BCUT2D eigenvalue weighted by Gasteiger charge is 2.13. The first-order valence-corrected chi connectivity index (χ1v) is 6.07. The van der Waals surface area contributed by atoms with Crippen LogP contribution in [0.1, 0.15) is 38.3 Å². The number of hydrogen-bond donors (Lipinski definition) is 1. The minimum atomic E-state index is 0.299. The van der Waals surface area contributed by atoms with Crippen LogP contribution in [0.4, 0.5) is 0 Å². The van der Waals surface area contributed by atoms with Crippen LogP contribution in [-0.2, 0) is 4.74 Å². The molecule has 2 unspecified atom stereocenters. The third-order valence-corrected chi connectivity index (χ3v) is 2.74. The standard InChI is InChI=1S/C14H23NO/c1-4-8-12(2)15-14(11-16-3)13-9-6-5-7-10-13/h5-7,9-10,12,14-15H,4,8,11H2,1-3H3. The van der Waals surface area contributed by atoms with E-state index in [-0.39, 0.29) is 0 Å². The summed E-state index contributed by atoms with van der Waals surface area (Å²) in [5, 5.41) is 3.61. The second-order valence-corrected chi connectivity index (χ2v) is 4.28. The van der Waals surface area contributed by atoms with Crippen molar-refractivity contribution in [1.29, 1.82) is 0 Å². The van der Waals surface area contributed by atoms with Gasteiger partial charge >= 0.3 is 0 Å². The highest BCUT2D eigenvalue weighted by molar-refractivity contribution is 5.19. The zero-order valence-corrected chi connectivity index (χ0v) is 10.6. The number of ether oxygens (including phenoxy) is 1. The molecule has 0 aliphatic rings. The Kier molecular flexibility index (Phi) is 6.12. The average molecular weight is 221 g/mol. The van der Waals surface area contributed by atoms with Crippen molar-refractivity contribution in [2.24, 2.45) is 0 Å². The van der Waals surface area contributed by atoms with Crippen LogP contribution in [0.25, 0.3) is 0 Å². The van der Waals surface area contributed by atoms with Gasteiger partial charge in [0.2, 0.25) is 0 Å². The SMILES string of the molecule is CCCC(C)NC(COC)c1ccccc1. The lowest BCUT2D eigenvalue weighted by Gasteiger charge is -2.23. The third-order valence-electron chi connectivity index (χ3n) is 2.74. The van der Waals surface area contributed by atoms with Gasteiger partial charge in [0.05, 0.1) is 12.6 Å². The Morgan fingerprint density at radius 2 is 1.94 bits per heavy atom. The smallest absolute Gasteiger partial charge is 0.0657 e. The number of hydrogen-bond acceptors (Lipinski definition) is 2. The maximum atomic E-state index is 5.27. The van der Waals surface area contributed by atoms with Crippen molar-refractivity contribution in [2.75, 3.05) is 13.7 Å². The lowest BCUT2D eigenvalue weighted by molar-refractivity contribution is 0.161. The van der Waals surface area contributed by atoms with Crippen molar-refractivity contribution in [2.45, 2.75) is 38.8 Å². The summed E-state index contributed by atoms with van der Waals surface area (Å²) in [6.07, 6.45) is 2.41. The van der Waals surface area contributed by atoms with Gasteiger partial charge in [0.1, 0.15) is 0 Å². The summed E-state index contributed by atoms with van der Waals surface area (Å²) in [5.74, 6) is 0. The van der Waals surface area contributed by atoms with Gasteiger partial charge in [-0.1, -0.05) is 43.7 Å². The molecule has 90 valence electrons. The number of benzene rings is 1. The molecule has 0 fully saturated rings. The predicted molar refractivity (Wildman–Crippen MR) is 68.6 cm³/mol. The molecule has 16 heavy (non-hydrogen) atoms. The van der Waals surface area contributed by atoms with Crippen molar-refractivity contribution in [3.63, 3.8) is 0 Å². The van der Waals surface area contributed by atoms with Crippen molar-refractivity contribution >= 4 is 0 Å². The summed E-state index contributed by atoms with van der Waals surface area (Å²) in [5.41, 5.74) is 1.30. The molecule has 0 aliphatic carbocycles. The first kappa shape index (κ1) is 13.2. The molecule has 0 aliphatic heterocycles. The largest absolute Gasteiger partial charge is 0.383 e. The van der Waals surface area contributed by atoms with E-state index in [1.54, 1.807) is 7.11 Å². The first-order chi connectivity index (χ1) is 7.77. The van der Waals surface area contributed by atoms with Crippen LogP contribution < -0.4 is 5.32 Å². The van der Waals surface area contributed by atoms with Gasteiger partial charge < -0.3 is 10.1 Å². The highest BCUT2D eigenvalue weighted by Crippen LogP contribution is 2.14. The van der Waals surface area contributed by atoms with Crippen LogP contribution in [0.15, 0.2) is 30.3 Å². The molecule has 1 N–H and O–H groups in total. The molecule has 0 heterocycles. The lowest BCUT2D eigenvalue weighted by Crippen LogP contribution is -2.33. The van der Waals surface area contributed by atoms with Crippen LogP contribution in [0.2, 0.25) is 0 Å². The van der Waals surface area contributed by atoms with Gasteiger partial charge in [-0.05, 0) is 18.9 Å². The molecule has 0 bridgehead atoms. The maximum Gasteiger partial charge on any atom is 0.0657 e. The molecule has 2 heteroatoms. The molecular weight excluding hydrogens is 198 g/mol. The Balaban J connectivity index is 2.60. The van der Waals surface area contributed by atoms with Gasteiger partial charge in [0.15, 0.2) is 0 Å². The van der Waals surface area contributed by atoms with E-state index in [9.17, 15) is 0 Å². The van der Waals surface area contributed by atoms with Crippen LogP contribution in [-0.4, -0.2) is 19.8 Å². The van der Waals surface area contributed by atoms with Crippen LogP contribution in [0.3, 0.4) is 0 Å². The summed E-state index contributed by atoms with van der Waals surface area (Å²) in [6.45, 7) is 5.17. The molecule has 0 radical (unpaired) electrons. The topological polar surface area (TPSA) is 21.3 Å². The molecule has 0 saturated carbocycles. The Labute approximate surface area is 99.0 Å². The molecule has 1 rings (SSSR count). The monoisotopic (exact) mass is 221 g/mol. The minimum Gasteiger partial charge on any atom is -0.383 e. The number of methoxy groups -OCH3 is 1. The molecule has 1 aromatic rings. The van der Waals surface area contributed by atoms with Gasteiger partial charge in [-0.2, -0.15) is 0 Å². The second-order valence-electron chi connectivity index (χ2n) is 4.28. The molecule has 0 spiro atoms. The van der Waals surface area contributed by atoms with E-state index in [0.717, 1.165) is 6.61 Å². The fraction of sp³-hybridized carbons (Fsp3) is 0.571. The molecular formula is C14H23NO. The summed E-state index contributed by atoms with van der Waals surface area (Å²) in [4.78, 5) is 0. The molecule has 2 nitrogen and oxygen atoms in total. The summed E-state index contributed by atoms with van der Waals surface area (Å²) < 4.78 is 5.27. The van der Waals surface area contributed by atoms with Crippen molar-refractivity contribution in [1.82, 2.24) is 5.32 Å². The van der Waals surface area contributed by atoms with Gasteiger partial charge in [0.25, 0.3) is 0 Å².